The predicted octanol–water partition coefficient (Wildman–Crippen LogP) is -1.10. The van der Waals surface area contributed by atoms with Gasteiger partial charge in [-0.3, -0.25) is 0 Å². The van der Waals surface area contributed by atoms with E-state index in [0.29, 0.717) is 0 Å². The van der Waals surface area contributed by atoms with Crippen LogP contribution in [-0.2, 0) is 9.59 Å². The SMILES string of the molecule is COc1c/c(=C2\C=c3ccccc3=N2)[nH]/c1=C\c1[nH]c(C)cc1C.O=C(O)C(O)C(O)C(=O)O. The van der Waals surface area contributed by atoms with E-state index in [9.17, 15) is 9.59 Å². The Morgan fingerprint density at radius 3 is 2.21 bits per heavy atom. The van der Waals surface area contributed by atoms with Crippen LogP contribution in [-0.4, -0.2) is 61.7 Å². The molecule has 0 saturated heterocycles. The molecule has 3 heterocycles. The standard InChI is InChI=1S/C20H19N3O.C4H6O6/c1-12-8-13(2)21-16(12)10-19-20(24-3)11-18(23-19)17-9-14-6-4-5-7-15(14)22-17;5-1(3(7)8)2(6)4(9)10/h4-11,21,23H,1-3H3;1-2,5-6H,(H,7,8)(H,9,10)/b18-17-,19-10-;. The zero-order chi connectivity index (χ0) is 25.0. The summed E-state index contributed by atoms with van der Waals surface area (Å²) in [5.74, 6) is -2.73. The van der Waals surface area contributed by atoms with E-state index >= 15 is 0 Å². The number of rotatable bonds is 5. The van der Waals surface area contributed by atoms with Gasteiger partial charge in [0, 0.05) is 22.7 Å². The van der Waals surface area contributed by atoms with Crippen LogP contribution < -0.4 is 26.0 Å². The molecule has 10 heteroatoms. The van der Waals surface area contributed by atoms with Crippen molar-refractivity contribution in [2.24, 2.45) is 4.99 Å². The highest BCUT2D eigenvalue weighted by atomic mass is 16.5. The highest BCUT2D eigenvalue weighted by Crippen LogP contribution is 2.10. The van der Waals surface area contributed by atoms with Gasteiger partial charge in [0.15, 0.2) is 12.2 Å². The maximum atomic E-state index is 9.77. The zero-order valence-corrected chi connectivity index (χ0v) is 18.7. The van der Waals surface area contributed by atoms with Gasteiger partial charge in [0.05, 0.1) is 28.9 Å². The van der Waals surface area contributed by atoms with Crippen LogP contribution in [0.25, 0.3) is 17.8 Å². The first-order valence-corrected chi connectivity index (χ1v) is 10.2. The number of methoxy groups -OCH3 is 1. The Kier molecular flexibility index (Phi) is 7.34. The molecule has 3 aromatic rings. The smallest absolute Gasteiger partial charge is 0.335 e. The number of aromatic nitrogens is 2. The summed E-state index contributed by atoms with van der Waals surface area (Å²) < 4.78 is 5.54. The van der Waals surface area contributed by atoms with E-state index in [-0.39, 0.29) is 0 Å². The second kappa shape index (κ2) is 10.2. The Balaban J connectivity index is 0.000000277. The van der Waals surface area contributed by atoms with Gasteiger partial charge in [0.1, 0.15) is 5.75 Å². The Morgan fingerprint density at radius 1 is 1.03 bits per heavy atom. The molecule has 0 saturated carbocycles. The van der Waals surface area contributed by atoms with Crippen LogP contribution in [0.15, 0.2) is 41.4 Å². The van der Waals surface area contributed by atoms with Crippen LogP contribution in [0.4, 0.5) is 0 Å². The second-order valence-electron chi connectivity index (χ2n) is 7.62. The van der Waals surface area contributed by atoms with E-state index in [4.69, 9.17) is 30.2 Å². The van der Waals surface area contributed by atoms with E-state index in [0.717, 1.165) is 44.1 Å². The third-order valence-electron chi connectivity index (χ3n) is 5.06. The van der Waals surface area contributed by atoms with E-state index in [2.05, 4.69) is 48.1 Å². The number of nitrogens with one attached hydrogen (secondary N) is 2. The number of H-pyrrole nitrogens is 2. The van der Waals surface area contributed by atoms with Crippen molar-refractivity contribution < 1.29 is 34.8 Å². The van der Waals surface area contributed by atoms with Crippen molar-refractivity contribution in [2.75, 3.05) is 7.11 Å². The summed E-state index contributed by atoms with van der Waals surface area (Å²) in [4.78, 5) is 31.0. The highest BCUT2D eigenvalue weighted by molar-refractivity contribution is 5.83. The predicted molar refractivity (Wildman–Crippen MR) is 123 cm³/mol. The third-order valence-corrected chi connectivity index (χ3v) is 5.06. The number of carboxylic acids is 2. The van der Waals surface area contributed by atoms with Gasteiger partial charge in [-0.25, -0.2) is 14.6 Å². The summed E-state index contributed by atoms with van der Waals surface area (Å²) in [6, 6.07) is 12.3. The molecule has 1 aliphatic rings. The van der Waals surface area contributed by atoms with Crippen LogP contribution in [0, 0.1) is 13.8 Å². The molecule has 0 fully saturated rings. The lowest BCUT2D eigenvalue weighted by Crippen LogP contribution is -2.39. The molecule has 0 radical (unpaired) electrons. The maximum absolute atomic E-state index is 9.77. The molecular formula is C24H25N3O7. The minimum Gasteiger partial charge on any atom is -0.494 e. The number of benzene rings is 1. The van der Waals surface area contributed by atoms with Gasteiger partial charge < -0.3 is 35.1 Å². The number of hydrogen-bond acceptors (Lipinski definition) is 6. The highest BCUT2D eigenvalue weighted by Gasteiger charge is 2.29. The molecule has 6 N–H and O–H groups in total. The first-order chi connectivity index (χ1) is 16.1. The Morgan fingerprint density at radius 2 is 1.68 bits per heavy atom. The first kappa shape index (κ1) is 24.5. The van der Waals surface area contributed by atoms with Gasteiger partial charge >= 0.3 is 11.9 Å². The normalized spacial score (nSPS) is 15.9. The number of aryl methyl sites for hydroxylation is 2. The van der Waals surface area contributed by atoms with Gasteiger partial charge in [-0.2, -0.15) is 0 Å². The van der Waals surface area contributed by atoms with Crippen molar-refractivity contribution in [3.63, 3.8) is 0 Å². The van der Waals surface area contributed by atoms with Crippen molar-refractivity contribution in [1.29, 1.82) is 0 Å². The Labute approximate surface area is 193 Å². The number of aliphatic hydroxyl groups is 2. The van der Waals surface area contributed by atoms with Crippen molar-refractivity contribution in [3.8, 4) is 5.75 Å². The molecule has 4 rings (SSSR count). The molecule has 0 aliphatic carbocycles. The third kappa shape index (κ3) is 5.42. The molecule has 1 aliphatic heterocycles. The summed E-state index contributed by atoms with van der Waals surface area (Å²) in [6.45, 7) is 4.15. The molecule has 34 heavy (non-hydrogen) atoms. The monoisotopic (exact) mass is 467 g/mol. The number of aliphatic hydroxyl groups excluding tert-OH is 2. The van der Waals surface area contributed by atoms with Gasteiger partial charge in [0.25, 0.3) is 0 Å². The fourth-order valence-corrected chi connectivity index (χ4v) is 3.34. The van der Waals surface area contributed by atoms with E-state index < -0.39 is 24.1 Å². The Bertz CT molecular complexity index is 1410. The van der Waals surface area contributed by atoms with Crippen molar-refractivity contribution in [1.82, 2.24) is 9.97 Å². The summed E-state index contributed by atoms with van der Waals surface area (Å²) in [7, 11) is 1.69. The molecule has 0 bridgehead atoms. The minimum atomic E-state index is -2.27. The molecule has 0 amide bonds. The van der Waals surface area contributed by atoms with E-state index in [1.54, 1.807) is 7.11 Å². The average Bonchev–Trinajstić information content (AvgIpc) is 3.49. The number of hydrogen-bond donors (Lipinski definition) is 6. The number of ether oxygens (including phenoxy) is 1. The van der Waals surface area contributed by atoms with Crippen LogP contribution in [0.1, 0.15) is 17.0 Å². The second-order valence-corrected chi connectivity index (χ2v) is 7.62. The number of carboxylic acid groups (broad SMARTS) is 2. The lowest BCUT2D eigenvalue weighted by atomic mass is 10.2. The van der Waals surface area contributed by atoms with E-state index in [1.807, 2.05) is 24.3 Å². The zero-order valence-electron chi connectivity index (χ0n) is 18.7. The number of aromatic amines is 2. The number of fused-ring (bicyclic) bond motifs is 1. The van der Waals surface area contributed by atoms with E-state index in [1.165, 1.54) is 5.56 Å². The van der Waals surface area contributed by atoms with Crippen molar-refractivity contribution in [3.05, 3.63) is 74.6 Å². The summed E-state index contributed by atoms with van der Waals surface area (Å²) >= 11 is 0. The summed E-state index contributed by atoms with van der Waals surface area (Å²) in [5.41, 5.74) is 4.37. The molecular weight excluding hydrogens is 442 g/mol. The number of aliphatic carboxylic acids is 2. The van der Waals surface area contributed by atoms with Crippen molar-refractivity contribution >= 4 is 29.8 Å². The molecule has 0 spiro atoms. The van der Waals surface area contributed by atoms with Gasteiger partial charge in [-0.05, 0) is 43.7 Å². The average molecular weight is 467 g/mol. The Hall–Kier alpha value is -4.15. The molecule has 10 nitrogen and oxygen atoms in total. The molecule has 2 aromatic heterocycles. The van der Waals surface area contributed by atoms with Crippen LogP contribution in [0.2, 0.25) is 0 Å². The van der Waals surface area contributed by atoms with Crippen LogP contribution >= 0.6 is 0 Å². The quantitative estimate of drug-likeness (QED) is 0.277. The first-order valence-electron chi connectivity index (χ1n) is 10.2. The minimum absolute atomic E-state index is 0.809. The lowest BCUT2D eigenvalue weighted by molar-refractivity contribution is -0.165. The van der Waals surface area contributed by atoms with Gasteiger partial charge in [0.2, 0.25) is 0 Å². The van der Waals surface area contributed by atoms with Crippen LogP contribution in [0.3, 0.4) is 0 Å². The summed E-state index contributed by atoms with van der Waals surface area (Å²) in [6.07, 6.45) is -0.364. The fraction of sp³-hybridized carbons (Fsp3) is 0.208. The van der Waals surface area contributed by atoms with Crippen LogP contribution in [0.5, 0.6) is 5.75 Å². The number of nitrogens with zero attached hydrogens (tertiary/aromatic N) is 1. The molecule has 2 unspecified atom stereocenters. The molecule has 2 atom stereocenters. The number of carbonyl (C=O) groups is 2. The maximum Gasteiger partial charge on any atom is 0.335 e. The van der Waals surface area contributed by atoms with Gasteiger partial charge in [-0.15, -0.1) is 0 Å². The topological polar surface area (TPSA) is 168 Å². The summed E-state index contributed by atoms with van der Waals surface area (Å²) in [5, 5.41) is 36.6. The molecule has 178 valence electrons. The van der Waals surface area contributed by atoms with Crippen molar-refractivity contribution in [2.45, 2.75) is 26.1 Å². The van der Waals surface area contributed by atoms with Gasteiger partial charge in [-0.1, -0.05) is 18.2 Å². The molecule has 1 aromatic carbocycles. The fourth-order valence-electron chi connectivity index (χ4n) is 3.34. The number of para-hydroxylation sites is 1. The lowest BCUT2D eigenvalue weighted by Gasteiger charge is -2.07. The largest absolute Gasteiger partial charge is 0.494 e.